The van der Waals surface area contributed by atoms with Gasteiger partial charge in [0, 0.05) is 6.42 Å². The average molecular weight is 274 g/mol. The maximum atomic E-state index is 11.5. The molecular weight excluding hydrogens is 252 g/mol. The number of carbonyl (C=O) groups excluding carboxylic acids is 2. The molecular formula is C13H22O6. The fourth-order valence-corrected chi connectivity index (χ4v) is 1.22. The molecule has 0 aromatic carbocycles. The number of carbonyl (C=O) groups is 3. The van der Waals surface area contributed by atoms with Gasteiger partial charge in [0.2, 0.25) is 0 Å². The largest absolute Gasteiger partial charge is 0.479 e. The summed E-state index contributed by atoms with van der Waals surface area (Å²) in [5.41, 5.74) is 0. The molecule has 19 heavy (non-hydrogen) atoms. The third-order valence-corrected chi connectivity index (χ3v) is 2.58. The standard InChI is InChI=1S/C13H22O6/c1-4-5-8-18-13(17)9(2)6-7-11(14)19-10(3)12(15)16/h9-10H,4-8H2,1-3H3,(H,15,16)/t9-,10-/m0/s1. The molecule has 1 N–H and O–H groups in total. The van der Waals surface area contributed by atoms with Crippen LogP contribution in [-0.4, -0.2) is 35.7 Å². The van der Waals surface area contributed by atoms with E-state index in [1.165, 1.54) is 6.92 Å². The van der Waals surface area contributed by atoms with Gasteiger partial charge in [0.05, 0.1) is 12.5 Å². The third kappa shape index (κ3) is 8.18. The number of hydrogen-bond acceptors (Lipinski definition) is 5. The van der Waals surface area contributed by atoms with E-state index in [4.69, 9.17) is 9.84 Å². The van der Waals surface area contributed by atoms with Crippen LogP contribution in [0.15, 0.2) is 0 Å². The fraction of sp³-hybridized carbons (Fsp3) is 0.769. The molecule has 6 heteroatoms. The Kier molecular flexibility index (Phi) is 8.57. The number of unbranched alkanes of at least 4 members (excludes halogenated alkanes) is 1. The maximum absolute atomic E-state index is 11.5. The highest BCUT2D eigenvalue weighted by Gasteiger charge is 2.19. The Hall–Kier alpha value is -1.59. The first-order chi connectivity index (χ1) is 8.88. The van der Waals surface area contributed by atoms with E-state index in [0.29, 0.717) is 6.61 Å². The highest BCUT2D eigenvalue weighted by molar-refractivity contribution is 5.78. The van der Waals surface area contributed by atoms with Crippen molar-refractivity contribution in [2.45, 2.75) is 52.6 Å². The van der Waals surface area contributed by atoms with Gasteiger partial charge in [-0.15, -0.1) is 0 Å². The van der Waals surface area contributed by atoms with Crippen molar-refractivity contribution in [2.75, 3.05) is 6.61 Å². The molecule has 0 aliphatic heterocycles. The van der Waals surface area contributed by atoms with Crippen molar-refractivity contribution in [3.8, 4) is 0 Å². The lowest BCUT2D eigenvalue weighted by atomic mass is 10.1. The molecule has 0 saturated heterocycles. The van der Waals surface area contributed by atoms with E-state index >= 15 is 0 Å². The molecule has 0 aliphatic carbocycles. The summed E-state index contributed by atoms with van der Waals surface area (Å²) in [7, 11) is 0. The predicted molar refractivity (Wildman–Crippen MR) is 67.5 cm³/mol. The summed E-state index contributed by atoms with van der Waals surface area (Å²) in [5, 5.41) is 8.57. The van der Waals surface area contributed by atoms with Crippen LogP contribution in [0.1, 0.15) is 46.5 Å². The highest BCUT2D eigenvalue weighted by atomic mass is 16.6. The minimum atomic E-state index is -1.19. The van der Waals surface area contributed by atoms with Crippen LogP contribution >= 0.6 is 0 Å². The van der Waals surface area contributed by atoms with Crippen LogP contribution in [0.5, 0.6) is 0 Å². The van der Waals surface area contributed by atoms with Crippen molar-refractivity contribution in [3.63, 3.8) is 0 Å². The normalized spacial score (nSPS) is 13.4. The van der Waals surface area contributed by atoms with Gasteiger partial charge in [-0.2, -0.15) is 0 Å². The first kappa shape index (κ1) is 17.4. The number of carboxylic acids is 1. The first-order valence-corrected chi connectivity index (χ1v) is 6.47. The summed E-state index contributed by atoms with van der Waals surface area (Å²) in [6.07, 6.45) is 0.884. The molecule has 0 aromatic rings. The van der Waals surface area contributed by atoms with Crippen molar-refractivity contribution in [3.05, 3.63) is 0 Å². The molecule has 0 bridgehead atoms. The van der Waals surface area contributed by atoms with E-state index in [-0.39, 0.29) is 18.8 Å². The Labute approximate surface area is 113 Å². The number of aliphatic carboxylic acids is 1. The molecule has 0 heterocycles. The van der Waals surface area contributed by atoms with Gasteiger partial charge in [-0.25, -0.2) is 4.79 Å². The lowest BCUT2D eigenvalue weighted by Crippen LogP contribution is -2.24. The topological polar surface area (TPSA) is 89.9 Å². The summed E-state index contributed by atoms with van der Waals surface area (Å²) >= 11 is 0. The lowest BCUT2D eigenvalue weighted by Gasteiger charge is -2.12. The van der Waals surface area contributed by atoms with E-state index in [2.05, 4.69) is 4.74 Å². The monoisotopic (exact) mass is 274 g/mol. The van der Waals surface area contributed by atoms with E-state index in [9.17, 15) is 14.4 Å². The molecule has 0 rings (SSSR count). The lowest BCUT2D eigenvalue weighted by molar-refractivity contribution is -0.163. The Balaban J connectivity index is 3.88. The fourth-order valence-electron chi connectivity index (χ4n) is 1.22. The van der Waals surface area contributed by atoms with Crippen molar-refractivity contribution in [1.29, 1.82) is 0 Å². The van der Waals surface area contributed by atoms with E-state index < -0.39 is 24.0 Å². The summed E-state index contributed by atoms with van der Waals surface area (Å²) in [5.74, 6) is -2.56. The number of rotatable bonds is 9. The van der Waals surface area contributed by atoms with E-state index in [1.807, 2.05) is 6.92 Å². The average Bonchev–Trinajstić information content (AvgIpc) is 2.35. The van der Waals surface area contributed by atoms with Crippen LogP contribution in [-0.2, 0) is 23.9 Å². The second kappa shape index (κ2) is 9.35. The highest BCUT2D eigenvalue weighted by Crippen LogP contribution is 2.10. The van der Waals surface area contributed by atoms with Crippen LogP contribution in [0, 0.1) is 5.92 Å². The quantitative estimate of drug-likeness (QED) is 0.509. The Bertz CT molecular complexity index is 312. The van der Waals surface area contributed by atoms with Gasteiger partial charge < -0.3 is 14.6 Å². The van der Waals surface area contributed by atoms with Crippen LogP contribution in [0.3, 0.4) is 0 Å². The van der Waals surface area contributed by atoms with Crippen LogP contribution in [0.2, 0.25) is 0 Å². The molecule has 0 radical (unpaired) electrons. The summed E-state index contributed by atoms with van der Waals surface area (Å²) in [6.45, 7) is 5.34. The molecule has 0 saturated carbocycles. The minimum Gasteiger partial charge on any atom is -0.479 e. The zero-order valence-corrected chi connectivity index (χ0v) is 11.7. The van der Waals surface area contributed by atoms with Gasteiger partial charge in [-0.05, 0) is 19.8 Å². The van der Waals surface area contributed by atoms with Gasteiger partial charge in [0.15, 0.2) is 6.10 Å². The van der Waals surface area contributed by atoms with Crippen molar-refractivity contribution in [2.24, 2.45) is 5.92 Å². The predicted octanol–water partition coefficient (Wildman–Crippen LogP) is 1.76. The molecule has 0 aliphatic rings. The second-order valence-corrected chi connectivity index (χ2v) is 4.43. The smallest absolute Gasteiger partial charge is 0.344 e. The molecule has 2 atom stereocenters. The third-order valence-electron chi connectivity index (χ3n) is 2.58. The van der Waals surface area contributed by atoms with Gasteiger partial charge in [0.1, 0.15) is 0 Å². The van der Waals surface area contributed by atoms with Gasteiger partial charge in [0.25, 0.3) is 0 Å². The van der Waals surface area contributed by atoms with Crippen LogP contribution in [0.4, 0.5) is 0 Å². The van der Waals surface area contributed by atoms with Crippen LogP contribution < -0.4 is 0 Å². The minimum absolute atomic E-state index is 0.00165. The zero-order chi connectivity index (χ0) is 14.8. The molecule has 0 unspecified atom stereocenters. The van der Waals surface area contributed by atoms with Crippen molar-refractivity contribution < 1.29 is 29.0 Å². The van der Waals surface area contributed by atoms with Gasteiger partial charge in [-0.3, -0.25) is 9.59 Å². The number of carboxylic acid groups (broad SMARTS) is 1. The summed E-state index contributed by atoms with van der Waals surface area (Å²) < 4.78 is 9.66. The number of ether oxygens (including phenoxy) is 2. The Morgan fingerprint density at radius 2 is 1.84 bits per heavy atom. The molecule has 0 amide bonds. The van der Waals surface area contributed by atoms with Crippen LogP contribution in [0.25, 0.3) is 0 Å². The number of esters is 2. The zero-order valence-electron chi connectivity index (χ0n) is 11.7. The van der Waals surface area contributed by atoms with Gasteiger partial charge in [-0.1, -0.05) is 20.3 Å². The molecule has 110 valence electrons. The Morgan fingerprint density at radius 1 is 1.21 bits per heavy atom. The second-order valence-electron chi connectivity index (χ2n) is 4.43. The molecule has 0 aromatic heterocycles. The van der Waals surface area contributed by atoms with Crippen molar-refractivity contribution >= 4 is 17.9 Å². The summed E-state index contributed by atoms with van der Waals surface area (Å²) in [6, 6.07) is 0. The van der Waals surface area contributed by atoms with Crippen molar-refractivity contribution in [1.82, 2.24) is 0 Å². The van der Waals surface area contributed by atoms with E-state index in [1.54, 1.807) is 6.92 Å². The molecule has 6 nitrogen and oxygen atoms in total. The molecule has 0 spiro atoms. The SMILES string of the molecule is CCCCOC(=O)[C@@H](C)CCC(=O)O[C@@H](C)C(=O)O. The first-order valence-electron chi connectivity index (χ1n) is 6.47. The Morgan fingerprint density at radius 3 is 2.37 bits per heavy atom. The summed E-state index contributed by atoms with van der Waals surface area (Å²) in [4.78, 5) is 33.3. The maximum Gasteiger partial charge on any atom is 0.344 e. The van der Waals surface area contributed by atoms with Gasteiger partial charge >= 0.3 is 17.9 Å². The number of hydrogen-bond donors (Lipinski definition) is 1. The molecule has 0 fully saturated rings. The van der Waals surface area contributed by atoms with E-state index in [0.717, 1.165) is 12.8 Å².